The number of para-hydroxylation sites is 2. The van der Waals surface area contributed by atoms with E-state index in [1.165, 1.54) is 0 Å². The number of hydrogen-bond acceptors (Lipinski definition) is 3. The summed E-state index contributed by atoms with van der Waals surface area (Å²) < 4.78 is 0. The summed E-state index contributed by atoms with van der Waals surface area (Å²) in [5, 5.41) is 3.07. The summed E-state index contributed by atoms with van der Waals surface area (Å²) in [6.45, 7) is 4.26. The van der Waals surface area contributed by atoms with Gasteiger partial charge in [0.2, 0.25) is 0 Å². The van der Waals surface area contributed by atoms with Gasteiger partial charge >= 0.3 is 0 Å². The molecule has 0 fully saturated rings. The lowest BCUT2D eigenvalue weighted by Gasteiger charge is -2.18. The number of H-pyrrole nitrogens is 1. The molecule has 2 N–H and O–H groups in total. The van der Waals surface area contributed by atoms with Crippen molar-refractivity contribution in [3.05, 3.63) is 60.2 Å². The molecule has 2 aromatic heterocycles. The van der Waals surface area contributed by atoms with Gasteiger partial charge in [-0.05, 0) is 36.6 Å². The summed E-state index contributed by atoms with van der Waals surface area (Å²) in [6.07, 6.45) is 4.04. The Bertz CT molecular complexity index is 762. The molecule has 5 nitrogen and oxygen atoms in total. The number of carbonyl (C=O) groups is 1. The standard InChI is InChI=1S/C18H20N4O/c1-12(2)10-16(22-18(23)13-6-5-9-19-11-13)17-20-14-7-3-4-8-15(14)21-17/h3-9,11-12,16H,10H2,1-2H3,(H,20,21)(H,22,23)/t16-/m0/s1. The number of carbonyl (C=O) groups excluding carboxylic acids is 1. The maximum absolute atomic E-state index is 12.4. The minimum Gasteiger partial charge on any atom is -0.342 e. The Morgan fingerprint density at radius 3 is 2.74 bits per heavy atom. The number of hydrogen-bond donors (Lipinski definition) is 2. The molecule has 0 unspecified atom stereocenters. The van der Waals surface area contributed by atoms with E-state index in [1.54, 1.807) is 24.5 Å². The second-order valence-corrected chi connectivity index (χ2v) is 6.04. The van der Waals surface area contributed by atoms with Crippen molar-refractivity contribution in [2.75, 3.05) is 0 Å². The molecule has 0 aliphatic heterocycles. The molecule has 0 radical (unpaired) electrons. The Balaban J connectivity index is 1.87. The summed E-state index contributed by atoms with van der Waals surface area (Å²) >= 11 is 0. The summed E-state index contributed by atoms with van der Waals surface area (Å²) in [4.78, 5) is 24.4. The highest BCUT2D eigenvalue weighted by molar-refractivity contribution is 5.94. The van der Waals surface area contributed by atoms with E-state index >= 15 is 0 Å². The number of nitrogens with zero attached hydrogens (tertiary/aromatic N) is 2. The Hall–Kier alpha value is -2.69. The molecule has 1 aromatic carbocycles. The molecule has 0 saturated carbocycles. The van der Waals surface area contributed by atoms with Gasteiger partial charge in [-0.15, -0.1) is 0 Å². The first-order chi connectivity index (χ1) is 11.1. The number of benzene rings is 1. The van der Waals surface area contributed by atoms with E-state index in [2.05, 4.69) is 34.1 Å². The van der Waals surface area contributed by atoms with Gasteiger partial charge in [0, 0.05) is 12.4 Å². The van der Waals surface area contributed by atoms with Gasteiger partial charge in [0.1, 0.15) is 5.82 Å². The highest BCUT2D eigenvalue weighted by Crippen LogP contribution is 2.22. The quantitative estimate of drug-likeness (QED) is 0.758. The van der Waals surface area contributed by atoms with Crippen LogP contribution in [-0.2, 0) is 0 Å². The third-order valence-corrected chi connectivity index (χ3v) is 3.67. The van der Waals surface area contributed by atoms with Crippen molar-refractivity contribution < 1.29 is 4.79 Å². The lowest BCUT2D eigenvalue weighted by molar-refractivity contribution is 0.0929. The fraction of sp³-hybridized carbons (Fsp3) is 0.278. The number of amides is 1. The third-order valence-electron chi connectivity index (χ3n) is 3.67. The van der Waals surface area contributed by atoms with E-state index in [1.807, 2.05) is 24.3 Å². The van der Waals surface area contributed by atoms with Crippen LogP contribution in [-0.4, -0.2) is 20.9 Å². The van der Waals surface area contributed by atoms with E-state index < -0.39 is 0 Å². The molecule has 1 amide bonds. The zero-order valence-corrected chi connectivity index (χ0v) is 13.3. The topological polar surface area (TPSA) is 70.7 Å². The lowest BCUT2D eigenvalue weighted by atomic mass is 10.0. The van der Waals surface area contributed by atoms with Gasteiger partial charge in [0.15, 0.2) is 0 Å². The lowest BCUT2D eigenvalue weighted by Crippen LogP contribution is -2.30. The van der Waals surface area contributed by atoms with Crippen LogP contribution in [0.5, 0.6) is 0 Å². The molecule has 2 heterocycles. The van der Waals surface area contributed by atoms with Crippen molar-refractivity contribution in [3.63, 3.8) is 0 Å². The van der Waals surface area contributed by atoms with Crippen molar-refractivity contribution in [3.8, 4) is 0 Å². The van der Waals surface area contributed by atoms with Crippen molar-refractivity contribution in [1.82, 2.24) is 20.3 Å². The molecule has 0 spiro atoms. The minimum absolute atomic E-state index is 0.135. The fourth-order valence-electron chi connectivity index (χ4n) is 2.59. The maximum Gasteiger partial charge on any atom is 0.253 e. The first-order valence-corrected chi connectivity index (χ1v) is 7.79. The second kappa shape index (κ2) is 6.60. The van der Waals surface area contributed by atoms with E-state index in [4.69, 9.17) is 0 Å². The summed E-state index contributed by atoms with van der Waals surface area (Å²) in [5.41, 5.74) is 2.44. The fourth-order valence-corrected chi connectivity index (χ4v) is 2.59. The highest BCUT2D eigenvalue weighted by atomic mass is 16.1. The molecule has 0 saturated heterocycles. The molecule has 3 aromatic rings. The second-order valence-electron chi connectivity index (χ2n) is 6.04. The molecule has 23 heavy (non-hydrogen) atoms. The zero-order chi connectivity index (χ0) is 16.2. The van der Waals surface area contributed by atoms with Gasteiger partial charge in [-0.2, -0.15) is 0 Å². The zero-order valence-electron chi connectivity index (χ0n) is 13.3. The number of imidazole rings is 1. The number of aromatic amines is 1. The highest BCUT2D eigenvalue weighted by Gasteiger charge is 2.20. The number of aromatic nitrogens is 3. The first-order valence-electron chi connectivity index (χ1n) is 7.79. The number of nitrogens with one attached hydrogen (secondary N) is 2. The Morgan fingerprint density at radius 2 is 2.04 bits per heavy atom. The number of rotatable bonds is 5. The van der Waals surface area contributed by atoms with Gasteiger partial charge in [-0.3, -0.25) is 9.78 Å². The predicted molar refractivity (Wildman–Crippen MR) is 90.0 cm³/mol. The molecular weight excluding hydrogens is 288 g/mol. The number of pyridine rings is 1. The van der Waals surface area contributed by atoms with E-state index in [0.717, 1.165) is 23.3 Å². The Kier molecular flexibility index (Phi) is 4.37. The molecule has 0 aliphatic rings. The van der Waals surface area contributed by atoms with Crippen molar-refractivity contribution >= 4 is 16.9 Å². The Labute approximate surface area is 135 Å². The molecule has 0 bridgehead atoms. The minimum atomic E-state index is -0.157. The average Bonchev–Trinajstić information content (AvgIpc) is 2.98. The normalized spacial score (nSPS) is 12.5. The van der Waals surface area contributed by atoms with Crippen molar-refractivity contribution in [1.29, 1.82) is 0 Å². The SMILES string of the molecule is CC(C)C[C@H](NC(=O)c1cccnc1)c1nc2ccccc2[nH]1. The van der Waals surface area contributed by atoms with E-state index in [-0.39, 0.29) is 11.9 Å². The first kappa shape index (κ1) is 15.2. The third kappa shape index (κ3) is 3.56. The molecule has 3 rings (SSSR count). The molecule has 0 aliphatic carbocycles. The van der Waals surface area contributed by atoms with Crippen LogP contribution >= 0.6 is 0 Å². The van der Waals surface area contributed by atoms with Crippen LogP contribution in [0.1, 0.15) is 42.5 Å². The molecule has 5 heteroatoms. The molecular formula is C18H20N4O. The van der Waals surface area contributed by atoms with Gasteiger partial charge in [0.25, 0.3) is 5.91 Å². The summed E-state index contributed by atoms with van der Waals surface area (Å²) in [5.74, 6) is 1.09. The van der Waals surface area contributed by atoms with Crippen LogP contribution in [0, 0.1) is 5.92 Å². The van der Waals surface area contributed by atoms with Gasteiger partial charge in [-0.25, -0.2) is 4.98 Å². The number of fused-ring (bicyclic) bond motifs is 1. The largest absolute Gasteiger partial charge is 0.342 e. The summed E-state index contributed by atoms with van der Waals surface area (Å²) in [7, 11) is 0. The predicted octanol–water partition coefficient (Wildman–Crippen LogP) is 3.48. The Morgan fingerprint density at radius 1 is 1.22 bits per heavy atom. The van der Waals surface area contributed by atoms with Crippen LogP contribution in [0.2, 0.25) is 0 Å². The van der Waals surface area contributed by atoms with Crippen LogP contribution in [0.15, 0.2) is 48.8 Å². The average molecular weight is 308 g/mol. The van der Waals surface area contributed by atoms with Gasteiger partial charge < -0.3 is 10.3 Å². The van der Waals surface area contributed by atoms with E-state index in [0.29, 0.717) is 11.5 Å². The monoisotopic (exact) mass is 308 g/mol. The van der Waals surface area contributed by atoms with Crippen molar-refractivity contribution in [2.24, 2.45) is 5.92 Å². The van der Waals surface area contributed by atoms with Gasteiger partial charge in [-0.1, -0.05) is 26.0 Å². The molecule has 1 atom stereocenters. The van der Waals surface area contributed by atoms with Crippen LogP contribution < -0.4 is 5.32 Å². The summed E-state index contributed by atoms with van der Waals surface area (Å²) in [6, 6.07) is 11.2. The van der Waals surface area contributed by atoms with Crippen molar-refractivity contribution in [2.45, 2.75) is 26.3 Å². The maximum atomic E-state index is 12.4. The van der Waals surface area contributed by atoms with Crippen LogP contribution in [0.25, 0.3) is 11.0 Å². The molecule has 118 valence electrons. The van der Waals surface area contributed by atoms with E-state index in [9.17, 15) is 4.79 Å². The van der Waals surface area contributed by atoms with Crippen LogP contribution in [0.3, 0.4) is 0 Å². The van der Waals surface area contributed by atoms with Crippen LogP contribution in [0.4, 0.5) is 0 Å². The van der Waals surface area contributed by atoms with Gasteiger partial charge in [0.05, 0.1) is 22.6 Å². The smallest absolute Gasteiger partial charge is 0.253 e.